The van der Waals surface area contributed by atoms with Crippen LogP contribution in [0.1, 0.15) is 35.5 Å². The minimum atomic E-state index is -1.91. The average molecular weight is 510 g/mol. The van der Waals surface area contributed by atoms with Gasteiger partial charge in [-0.1, -0.05) is 43.3 Å². The van der Waals surface area contributed by atoms with Gasteiger partial charge in [-0.15, -0.1) is 0 Å². The maximum atomic E-state index is 12.9. The molecule has 0 saturated heterocycles. The number of carbonyl (C=O) groups is 5. The van der Waals surface area contributed by atoms with Crippen molar-refractivity contribution in [3.8, 4) is 5.75 Å². The van der Waals surface area contributed by atoms with Gasteiger partial charge in [0.25, 0.3) is 17.6 Å². The lowest BCUT2D eigenvalue weighted by atomic mass is 10.0. The van der Waals surface area contributed by atoms with Crippen molar-refractivity contribution in [1.82, 2.24) is 9.88 Å². The van der Waals surface area contributed by atoms with Crippen molar-refractivity contribution in [2.24, 2.45) is 5.73 Å². The van der Waals surface area contributed by atoms with Crippen LogP contribution in [0.25, 0.3) is 10.9 Å². The molecule has 1 aromatic heterocycles. The van der Waals surface area contributed by atoms with Crippen LogP contribution < -0.4 is 15.8 Å². The van der Waals surface area contributed by atoms with Crippen molar-refractivity contribution in [2.45, 2.75) is 32.9 Å². The zero-order chi connectivity index (χ0) is 27.1. The number of benzene rings is 2. The first kappa shape index (κ1) is 26.9. The lowest BCUT2D eigenvalue weighted by molar-refractivity contribution is -0.156. The smallest absolute Gasteiger partial charge is 0.340 e. The van der Waals surface area contributed by atoms with E-state index in [9.17, 15) is 29.1 Å². The molecule has 0 aliphatic rings. The number of carboxylic acids is 1. The van der Waals surface area contributed by atoms with Gasteiger partial charge in [0, 0.05) is 12.2 Å². The van der Waals surface area contributed by atoms with E-state index in [0.29, 0.717) is 29.6 Å². The van der Waals surface area contributed by atoms with E-state index >= 15 is 0 Å². The Hall–Kier alpha value is -4.67. The molecule has 0 bridgehead atoms. The molecule has 0 radical (unpaired) electrons. The zero-order valence-corrected chi connectivity index (χ0v) is 20.4. The number of esters is 1. The molecule has 194 valence electrons. The summed E-state index contributed by atoms with van der Waals surface area (Å²) in [7, 11) is 0. The maximum absolute atomic E-state index is 12.9. The van der Waals surface area contributed by atoms with E-state index in [1.54, 1.807) is 12.1 Å². The Morgan fingerprint density at radius 3 is 2.32 bits per heavy atom. The van der Waals surface area contributed by atoms with Gasteiger partial charge in [-0.3, -0.25) is 14.4 Å². The van der Waals surface area contributed by atoms with Gasteiger partial charge in [0.2, 0.25) is 6.04 Å². The van der Waals surface area contributed by atoms with Gasteiger partial charge in [-0.25, -0.2) is 9.59 Å². The number of carbonyl (C=O) groups excluding carboxylic acids is 4. The quantitative estimate of drug-likeness (QED) is 0.143. The number of nitrogens with zero attached hydrogens (tertiary/aromatic N) is 1. The van der Waals surface area contributed by atoms with E-state index < -0.39 is 42.2 Å². The van der Waals surface area contributed by atoms with Gasteiger partial charge in [0.1, 0.15) is 5.75 Å². The molecule has 11 heteroatoms. The third-order valence-corrected chi connectivity index (χ3v) is 5.56. The number of ketones is 1. The highest BCUT2D eigenvalue weighted by Crippen LogP contribution is 2.35. The first-order valence-electron chi connectivity index (χ1n) is 11.5. The Kier molecular flexibility index (Phi) is 8.62. The van der Waals surface area contributed by atoms with Crippen LogP contribution in [-0.2, 0) is 36.9 Å². The van der Waals surface area contributed by atoms with Crippen LogP contribution >= 0.6 is 0 Å². The summed E-state index contributed by atoms with van der Waals surface area (Å²) in [6.45, 7) is 3.01. The summed E-state index contributed by atoms with van der Waals surface area (Å²) in [5.74, 6) is -5.54. The molecule has 2 aromatic carbocycles. The molecular formula is C26H27N3O8. The summed E-state index contributed by atoms with van der Waals surface area (Å²) in [5.41, 5.74) is 7.53. The fourth-order valence-electron chi connectivity index (χ4n) is 4.02. The van der Waals surface area contributed by atoms with E-state index in [2.05, 4.69) is 10.1 Å². The van der Waals surface area contributed by atoms with Crippen LogP contribution in [0.4, 0.5) is 0 Å². The minimum Gasteiger partial charge on any atom is -0.483 e. The second kappa shape index (κ2) is 11.8. The van der Waals surface area contributed by atoms with Gasteiger partial charge >= 0.3 is 11.9 Å². The van der Waals surface area contributed by atoms with Gasteiger partial charge in [-0.2, -0.15) is 0 Å². The molecule has 37 heavy (non-hydrogen) atoms. The summed E-state index contributed by atoms with van der Waals surface area (Å²) < 4.78 is 12.2. The van der Waals surface area contributed by atoms with E-state index in [1.807, 2.05) is 41.8 Å². The summed E-state index contributed by atoms with van der Waals surface area (Å²) in [4.78, 5) is 60.4. The van der Waals surface area contributed by atoms with Gasteiger partial charge in [0.15, 0.2) is 6.61 Å². The number of hydrogen-bond acceptors (Lipinski definition) is 7. The lowest BCUT2D eigenvalue weighted by Crippen LogP contribution is -2.48. The predicted molar refractivity (Wildman–Crippen MR) is 132 cm³/mol. The third-order valence-electron chi connectivity index (χ3n) is 5.56. The van der Waals surface area contributed by atoms with Crippen molar-refractivity contribution >= 4 is 40.4 Å². The Morgan fingerprint density at radius 2 is 1.73 bits per heavy atom. The number of amides is 2. The van der Waals surface area contributed by atoms with Crippen molar-refractivity contribution < 1.29 is 38.6 Å². The number of rotatable bonds is 12. The first-order valence-corrected chi connectivity index (χ1v) is 11.5. The largest absolute Gasteiger partial charge is 0.483 e. The number of Topliss-reactive ketones (excluding diaryl/α,β-unsaturated/α-hetero) is 1. The number of nitrogens with one attached hydrogen (secondary N) is 1. The van der Waals surface area contributed by atoms with Gasteiger partial charge in [0.05, 0.1) is 23.1 Å². The van der Waals surface area contributed by atoms with E-state index in [1.165, 1.54) is 13.0 Å². The van der Waals surface area contributed by atoms with Crippen molar-refractivity contribution in [2.75, 3.05) is 13.2 Å². The topological polar surface area (TPSA) is 167 Å². The van der Waals surface area contributed by atoms with Gasteiger partial charge < -0.3 is 30.2 Å². The fourth-order valence-corrected chi connectivity index (χ4v) is 4.02. The summed E-state index contributed by atoms with van der Waals surface area (Å²) >= 11 is 0. The third kappa shape index (κ3) is 5.95. The number of aliphatic carboxylic acids is 1. The monoisotopic (exact) mass is 509 g/mol. The Labute approximate surface area is 212 Å². The second-order valence-electron chi connectivity index (χ2n) is 7.97. The van der Waals surface area contributed by atoms with Gasteiger partial charge in [-0.05, 0) is 31.0 Å². The Balaban J connectivity index is 2.00. The molecule has 0 aliphatic carbocycles. The number of hydrogen-bond donors (Lipinski definition) is 3. The summed E-state index contributed by atoms with van der Waals surface area (Å²) in [6, 6.07) is 12.5. The predicted octanol–water partition coefficient (Wildman–Crippen LogP) is 1.43. The van der Waals surface area contributed by atoms with Crippen molar-refractivity contribution in [1.29, 1.82) is 0 Å². The minimum absolute atomic E-state index is 0.0621. The van der Waals surface area contributed by atoms with E-state index in [4.69, 9.17) is 10.5 Å². The standard InChI is InChI=1S/C26H27N3O8/c1-3-16-21(23(31)24(27)32)20-17(29(16)13-15-9-6-5-7-10-15)11-8-12-18(20)37-14-19(30)28-22(25(33)34)26(35)36-4-2/h5-12,22H,3-4,13-14H2,1-2H3,(H2,27,32)(H,28,30)(H,33,34). The Morgan fingerprint density at radius 1 is 1.03 bits per heavy atom. The molecule has 1 heterocycles. The average Bonchev–Trinajstić information content (AvgIpc) is 3.19. The van der Waals surface area contributed by atoms with Crippen LogP contribution in [0.3, 0.4) is 0 Å². The fraction of sp³-hybridized carbons (Fsp3) is 0.269. The van der Waals surface area contributed by atoms with Crippen LogP contribution in [0.2, 0.25) is 0 Å². The molecule has 0 aliphatic heterocycles. The van der Waals surface area contributed by atoms with Crippen LogP contribution in [0.15, 0.2) is 48.5 Å². The molecule has 0 spiro atoms. The normalized spacial score (nSPS) is 11.5. The van der Waals surface area contributed by atoms with Crippen LogP contribution in [-0.4, -0.2) is 58.5 Å². The molecule has 3 rings (SSSR count). The SMILES string of the molecule is CCOC(=O)C(NC(=O)COc1cccc2c1c(C(=O)C(N)=O)c(CC)n2Cc1ccccc1)C(=O)O. The highest BCUT2D eigenvalue weighted by atomic mass is 16.5. The molecule has 1 unspecified atom stereocenters. The number of nitrogens with two attached hydrogens (primary N) is 1. The summed E-state index contributed by atoms with van der Waals surface area (Å²) in [6.07, 6.45) is 0.398. The van der Waals surface area contributed by atoms with Crippen molar-refractivity contribution in [3.63, 3.8) is 0 Å². The molecule has 2 amide bonds. The number of carboxylic acid groups (broad SMARTS) is 1. The number of primary amides is 1. The molecule has 1 atom stereocenters. The molecule has 4 N–H and O–H groups in total. The molecule has 11 nitrogen and oxygen atoms in total. The number of fused-ring (bicyclic) bond motifs is 1. The number of aromatic nitrogens is 1. The van der Waals surface area contributed by atoms with Crippen LogP contribution in [0.5, 0.6) is 5.75 Å². The highest BCUT2D eigenvalue weighted by Gasteiger charge is 2.30. The molecular weight excluding hydrogens is 482 g/mol. The lowest BCUT2D eigenvalue weighted by Gasteiger charge is -2.14. The second-order valence-corrected chi connectivity index (χ2v) is 7.97. The van der Waals surface area contributed by atoms with E-state index in [0.717, 1.165) is 5.56 Å². The highest BCUT2D eigenvalue weighted by molar-refractivity contribution is 6.45. The number of ether oxygens (including phenoxy) is 2. The van der Waals surface area contributed by atoms with Crippen LogP contribution in [0, 0.1) is 0 Å². The molecule has 0 fully saturated rings. The Bertz CT molecular complexity index is 1350. The molecule has 0 saturated carbocycles. The van der Waals surface area contributed by atoms with Crippen molar-refractivity contribution in [3.05, 3.63) is 65.4 Å². The first-order chi connectivity index (χ1) is 17.7. The zero-order valence-electron chi connectivity index (χ0n) is 20.4. The maximum Gasteiger partial charge on any atom is 0.340 e. The molecule has 3 aromatic rings. The summed E-state index contributed by atoms with van der Waals surface area (Å²) in [5, 5.41) is 11.6. The van der Waals surface area contributed by atoms with E-state index in [-0.39, 0.29) is 17.9 Å².